The third kappa shape index (κ3) is 4.01. The van der Waals surface area contributed by atoms with E-state index in [1.54, 1.807) is 0 Å². The number of anilines is 2. The summed E-state index contributed by atoms with van der Waals surface area (Å²) in [6, 6.07) is 0.825. The Labute approximate surface area is 116 Å². The topological polar surface area (TPSA) is 55.4 Å². The molecule has 0 amide bonds. The number of hydrogen-bond acceptors (Lipinski definition) is 5. The highest BCUT2D eigenvalue weighted by Gasteiger charge is 2.16. The summed E-state index contributed by atoms with van der Waals surface area (Å²) >= 11 is 0. The maximum atomic E-state index is 13.6. The van der Waals surface area contributed by atoms with E-state index >= 15 is 0 Å². The molecule has 5 nitrogen and oxygen atoms in total. The number of halogens is 2. The first-order valence-electron chi connectivity index (χ1n) is 6.73. The molecular formula is C13H19F2N3O2. The van der Waals surface area contributed by atoms with E-state index < -0.39 is 11.6 Å². The van der Waals surface area contributed by atoms with E-state index in [0.29, 0.717) is 32.9 Å². The number of nitrogens with one attached hydrogen (secondary N) is 2. The lowest BCUT2D eigenvalue weighted by molar-refractivity contribution is -0.0819. The summed E-state index contributed by atoms with van der Waals surface area (Å²) in [5.41, 5.74) is 0. The van der Waals surface area contributed by atoms with Gasteiger partial charge < -0.3 is 20.1 Å². The molecule has 2 rings (SSSR count). The maximum absolute atomic E-state index is 13.6. The molecule has 1 saturated heterocycles. The van der Waals surface area contributed by atoms with Gasteiger partial charge in [0.15, 0.2) is 23.3 Å². The van der Waals surface area contributed by atoms with Crippen molar-refractivity contribution in [3.8, 4) is 0 Å². The van der Waals surface area contributed by atoms with Crippen molar-refractivity contribution in [2.75, 3.05) is 43.5 Å². The van der Waals surface area contributed by atoms with Gasteiger partial charge in [-0.3, -0.25) is 0 Å². The number of rotatable bonds is 6. The Hall–Kier alpha value is -1.47. The monoisotopic (exact) mass is 287 g/mol. The predicted octanol–water partition coefficient (Wildman–Crippen LogP) is 2.01. The van der Waals surface area contributed by atoms with Gasteiger partial charge in [-0.2, -0.15) is 0 Å². The van der Waals surface area contributed by atoms with Gasteiger partial charge in [0.05, 0.1) is 25.9 Å². The smallest absolute Gasteiger partial charge is 0.168 e. The van der Waals surface area contributed by atoms with Crippen molar-refractivity contribution < 1.29 is 18.3 Å². The molecule has 0 saturated carbocycles. The molecule has 0 aliphatic carbocycles. The minimum absolute atomic E-state index is 0.0131. The van der Waals surface area contributed by atoms with Crippen molar-refractivity contribution in [2.24, 2.45) is 0 Å². The highest BCUT2D eigenvalue weighted by molar-refractivity contribution is 5.47. The van der Waals surface area contributed by atoms with Crippen LogP contribution < -0.4 is 10.6 Å². The SMILES string of the molecule is CCCNc1nc(NCC2COCCO2)c(F)cc1F. The first kappa shape index (κ1) is 14.9. The van der Waals surface area contributed by atoms with Crippen LogP contribution in [-0.2, 0) is 9.47 Å². The molecule has 0 bridgehead atoms. The molecule has 2 heterocycles. The third-order valence-corrected chi connectivity index (χ3v) is 2.85. The average molecular weight is 287 g/mol. The molecule has 0 aromatic carbocycles. The molecule has 1 aromatic rings. The highest BCUT2D eigenvalue weighted by Crippen LogP contribution is 2.19. The fourth-order valence-electron chi connectivity index (χ4n) is 1.82. The summed E-state index contributed by atoms with van der Waals surface area (Å²) in [6.07, 6.45) is 0.677. The van der Waals surface area contributed by atoms with Gasteiger partial charge in [0.1, 0.15) is 0 Å². The maximum Gasteiger partial charge on any atom is 0.168 e. The molecule has 1 fully saturated rings. The molecule has 20 heavy (non-hydrogen) atoms. The summed E-state index contributed by atoms with van der Waals surface area (Å²) in [4.78, 5) is 3.93. The Kier molecular flexibility index (Phi) is 5.49. The number of pyridine rings is 1. The molecule has 1 aliphatic heterocycles. The first-order chi connectivity index (χ1) is 9.70. The summed E-state index contributed by atoms with van der Waals surface area (Å²) in [5.74, 6) is -1.35. The van der Waals surface area contributed by atoms with Crippen molar-refractivity contribution in [3.05, 3.63) is 17.7 Å². The Morgan fingerprint density at radius 1 is 1.25 bits per heavy atom. The van der Waals surface area contributed by atoms with Crippen LogP contribution in [0.4, 0.5) is 20.4 Å². The van der Waals surface area contributed by atoms with Crippen LogP contribution in [-0.4, -0.2) is 44.0 Å². The van der Waals surface area contributed by atoms with Gasteiger partial charge in [0.25, 0.3) is 0 Å². The third-order valence-electron chi connectivity index (χ3n) is 2.85. The minimum atomic E-state index is -0.721. The van der Waals surface area contributed by atoms with Crippen LogP contribution in [0.1, 0.15) is 13.3 Å². The standard InChI is InChI=1S/C13H19F2N3O2/c1-2-3-16-12-10(14)6-11(15)13(18-12)17-7-9-8-19-4-5-20-9/h6,9H,2-5,7-8H2,1H3,(H2,16,17,18). The van der Waals surface area contributed by atoms with Crippen LogP contribution >= 0.6 is 0 Å². The van der Waals surface area contributed by atoms with Gasteiger partial charge in [0.2, 0.25) is 0 Å². The fraction of sp³-hybridized carbons (Fsp3) is 0.615. The van der Waals surface area contributed by atoms with Gasteiger partial charge in [0, 0.05) is 19.2 Å². The summed E-state index contributed by atoms with van der Waals surface area (Å²) < 4.78 is 37.8. The van der Waals surface area contributed by atoms with Gasteiger partial charge in [-0.15, -0.1) is 0 Å². The molecular weight excluding hydrogens is 268 g/mol. The zero-order valence-corrected chi connectivity index (χ0v) is 11.4. The number of hydrogen-bond donors (Lipinski definition) is 2. The summed E-state index contributed by atoms with van der Waals surface area (Å²) in [5, 5.41) is 5.65. The Balaban J connectivity index is 1.98. The van der Waals surface area contributed by atoms with Crippen LogP contribution in [0.5, 0.6) is 0 Å². The second kappa shape index (κ2) is 7.35. The van der Waals surface area contributed by atoms with Gasteiger partial charge in [-0.1, -0.05) is 6.92 Å². The van der Waals surface area contributed by atoms with E-state index in [-0.39, 0.29) is 17.7 Å². The Morgan fingerprint density at radius 3 is 2.65 bits per heavy atom. The molecule has 1 unspecified atom stereocenters. The predicted molar refractivity (Wildman–Crippen MR) is 72.0 cm³/mol. The van der Waals surface area contributed by atoms with E-state index in [9.17, 15) is 8.78 Å². The van der Waals surface area contributed by atoms with Crippen molar-refractivity contribution >= 4 is 11.6 Å². The van der Waals surface area contributed by atoms with Crippen molar-refractivity contribution in [3.63, 3.8) is 0 Å². The second-order valence-corrected chi connectivity index (χ2v) is 4.52. The van der Waals surface area contributed by atoms with E-state index in [2.05, 4.69) is 15.6 Å². The number of aromatic nitrogens is 1. The molecule has 7 heteroatoms. The fourth-order valence-corrected chi connectivity index (χ4v) is 1.82. The molecule has 2 N–H and O–H groups in total. The highest BCUT2D eigenvalue weighted by atomic mass is 19.1. The largest absolute Gasteiger partial charge is 0.376 e. The van der Waals surface area contributed by atoms with Gasteiger partial charge in [-0.05, 0) is 6.42 Å². The van der Waals surface area contributed by atoms with Crippen molar-refractivity contribution in [1.82, 2.24) is 4.98 Å². The minimum Gasteiger partial charge on any atom is -0.376 e. The molecule has 0 radical (unpaired) electrons. The van der Waals surface area contributed by atoms with Crippen molar-refractivity contribution in [2.45, 2.75) is 19.4 Å². The van der Waals surface area contributed by atoms with E-state index in [0.717, 1.165) is 12.5 Å². The van der Waals surface area contributed by atoms with E-state index in [1.165, 1.54) is 0 Å². The molecule has 0 spiro atoms. The zero-order valence-electron chi connectivity index (χ0n) is 11.4. The lowest BCUT2D eigenvalue weighted by atomic mass is 10.3. The van der Waals surface area contributed by atoms with Gasteiger partial charge >= 0.3 is 0 Å². The Morgan fingerprint density at radius 2 is 2.00 bits per heavy atom. The quantitative estimate of drug-likeness (QED) is 0.838. The molecule has 1 aromatic heterocycles. The summed E-state index contributed by atoms with van der Waals surface area (Å²) in [7, 11) is 0. The van der Waals surface area contributed by atoms with Crippen LogP contribution in [0.2, 0.25) is 0 Å². The number of ether oxygens (including phenoxy) is 2. The van der Waals surface area contributed by atoms with Crippen LogP contribution in [0, 0.1) is 11.6 Å². The molecule has 112 valence electrons. The van der Waals surface area contributed by atoms with Crippen molar-refractivity contribution in [1.29, 1.82) is 0 Å². The van der Waals surface area contributed by atoms with E-state index in [1.807, 2.05) is 6.92 Å². The first-order valence-corrected chi connectivity index (χ1v) is 6.73. The van der Waals surface area contributed by atoms with Crippen LogP contribution in [0.15, 0.2) is 6.07 Å². The number of nitrogens with zero attached hydrogens (tertiary/aromatic N) is 1. The zero-order chi connectivity index (χ0) is 14.4. The van der Waals surface area contributed by atoms with Crippen LogP contribution in [0.3, 0.4) is 0 Å². The normalized spacial score (nSPS) is 18.9. The summed E-state index contributed by atoms with van der Waals surface area (Å²) in [6.45, 7) is 4.45. The second-order valence-electron chi connectivity index (χ2n) is 4.52. The van der Waals surface area contributed by atoms with Crippen LogP contribution in [0.25, 0.3) is 0 Å². The van der Waals surface area contributed by atoms with Gasteiger partial charge in [-0.25, -0.2) is 13.8 Å². The van der Waals surface area contributed by atoms with E-state index in [4.69, 9.17) is 9.47 Å². The Bertz CT molecular complexity index is 440. The molecule has 1 atom stereocenters. The lowest BCUT2D eigenvalue weighted by Crippen LogP contribution is -2.34. The average Bonchev–Trinajstić information content (AvgIpc) is 2.46. The molecule has 1 aliphatic rings. The lowest BCUT2D eigenvalue weighted by Gasteiger charge is -2.23.